The molecule has 0 spiro atoms. The lowest BCUT2D eigenvalue weighted by Gasteiger charge is -2.26. The SMILES string of the molecule is O=C(N[C@@H]1CCCc2ccccc21)c1csc2c1CCCC2. The summed E-state index contributed by atoms with van der Waals surface area (Å²) in [6.07, 6.45) is 8.05. The number of thiophene rings is 1. The quantitative estimate of drug-likeness (QED) is 0.873. The van der Waals surface area contributed by atoms with Crippen molar-refractivity contribution in [3.05, 3.63) is 56.8 Å². The molecule has 4 rings (SSSR count). The minimum atomic E-state index is 0.126. The maximum Gasteiger partial charge on any atom is 0.252 e. The second-order valence-corrected chi connectivity index (χ2v) is 7.34. The van der Waals surface area contributed by atoms with Crippen LogP contribution in [0.5, 0.6) is 0 Å². The van der Waals surface area contributed by atoms with E-state index in [1.807, 2.05) is 0 Å². The third-order valence-corrected chi connectivity index (χ3v) is 6.07. The molecule has 0 saturated carbocycles. The number of amides is 1. The van der Waals surface area contributed by atoms with Crippen molar-refractivity contribution in [3.8, 4) is 0 Å². The van der Waals surface area contributed by atoms with Gasteiger partial charge in [-0.2, -0.15) is 0 Å². The maximum atomic E-state index is 12.8. The fraction of sp³-hybridized carbons (Fsp3) is 0.421. The molecule has 1 aromatic heterocycles. The minimum absolute atomic E-state index is 0.126. The van der Waals surface area contributed by atoms with E-state index in [9.17, 15) is 4.79 Å². The first-order valence-corrected chi connectivity index (χ1v) is 9.19. The Morgan fingerprint density at radius 2 is 1.95 bits per heavy atom. The molecule has 22 heavy (non-hydrogen) atoms. The van der Waals surface area contributed by atoms with Crippen LogP contribution in [0, 0.1) is 0 Å². The number of fused-ring (bicyclic) bond motifs is 2. The molecule has 1 amide bonds. The highest BCUT2D eigenvalue weighted by Crippen LogP contribution is 2.32. The van der Waals surface area contributed by atoms with E-state index in [0.29, 0.717) is 0 Å². The summed E-state index contributed by atoms with van der Waals surface area (Å²) in [5, 5.41) is 5.36. The van der Waals surface area contributed by atoms with Crippen LogP contribution in [0.2, 0.25) is 0 Å². The number of rotatable bonds is 2. The highest BCUT2D eigenvalue weighted by atomic mass is 32.1. The van der Waals surface area contributed by atoms with Crippen molar-refractivity contribution in [1.29, 1.82) is 0 Å². The number of hydrogen-bond donors (Lipinski definition) is 1. The summed E-state index contributed by atoms with van der Waals surface area (Å²) in [5.74, 6) is 0.126. The third kappa shape index (κ3) is 2.48. The zero-order valence-corrected chi connectivity index (χ0v) is 13.5. The van der Waals surface area contributed by atoms with Gasteiger partial charge in [0.25, 0.3) is 5.91 Å². The van der Waals surface area contributed by atoms with E-state index in [1.165, 1.54) is 34.4 Å². The molecule has 0 unspecified atom stereocenters. The van der Waals surface area contributed by atoms with Crippen LogP contribution in [0.1, 0.15) is 63.7 Å². The standard InChI is InChI=1S/C19H21NOS/c21-19(16-12-22-18-11-4-3-9-15(16)18)20-17-10-5-7-13-6-1-2-8-14(13)17/h1-2,6,8,12,17H,3-5,7,9-11H2,(H,20,21)/t17-/m1/s1. The van der Waals surface area contributed by atoms with Gasteiger partial charge in [0.15, 0.2) is 0 Å². The number of carbonyl (C=O) groups excluding carboxylic acids is 1. The van der Waals surface area contributed by atoms with Gasteiger partial charge in [-0.25, -0.2) is 0 Å². The molecule has 0 bridgehead atoms. The minimum Gasteiger partial charge on any atom is -0.345 e. The number of carbonyl (C=O) groups is 1. The van der Waals surface area contributed by atoms with Gasteiger partial charge >= 0.3 is 0 Å². The highest BCUT2D eigenvalue weighted by molar-refractivity contribution is 7.10. The second kappa shape index (κ2) is 5.88. The molecule has 0 saturated heterocycles. The number of nitrogens with one attached hydrogen (secondary N) is 1. The van der Waals surface area contributed by atoms with Gasteiger partial charge < -0.3 is 5.32 Å². The molecule has 0 aliphatic heterocycles. The van der Waals surface area contributed by atoms with Gasteiger partial charge in [-0.3, -0.25) is 4.79 Å². The molecule has 1 aromatic carbocycles. The van der Waals surface area contributed by atoms with Crippen LogP contribution in [0.15, 0.2) is 29.6 Å². The lowest BCUT2D eigenvalue weighted by atomic mass is 9.87. The van der Waals surface area contributed by atoms with Crippen LogP contribution in [-0.4, -0.2) is 5.91 Å². The van der Waals surface area contributed by atoms with Crippen molar-refractivity contribution in [2.24, 2.45) is 0 Å². The summed E-state index contributed by atoms with van der Waals surface area (Å²) in [6.45, 7) is 0. The maximum absolute atomic E-state index is 12.8. The van der Waals surface area contributed by atoms with Crippen molar-refractivity contribution < 1.29 is 4.79 Å². The van der Waals surface area contributed by atoms with Crippen molar-refractivity contribution >= 4 is 17.2 Å². The molecule has 1 N–H and O–H groups in total. The summed E-state index contributed by atoms with van der Waals surface area (Å²) in [4.78, 5) is 14.2. The predicted molar refractivity (Wildman–Crippen MR) is 90.5 cm³/mol. The molecule has 2 aliphatic carbocycles. The summed E-state index contributed by atoms with van der Waals surface area (Å²) < 4.78 is 0. The number of benzene rings is 1. The Morgan fingerprint density at radius 3 is 2.91 bits per heavy atom. The van der Waals surface area contributed by atoms with Gasteiger partial charge in [0.1, 0.15) is 0 Å². The summed E-state index contributed by atoms with van der Waals surface area (Å²) in [7, 11) is 0. The molecule has 2 aromatic rings. The fourth-order valence-corrected chi connectivity index (χ4v) is 4.95. The molecule has 114 valence electrons. The lowest BCUT2D eigenvalue weighted by molar-refractivity contribution is 0.0932. The van der Waals surface area contributed by atoms with Crippen molar-refractivity contribution in [1.82, 2.24) is 5.32 Å². The van der Waals surface area contributed by atoms with Crippen molar-refractivity contribution in [3.63, 3.8) is 0 Å². The normalized spacial score (nSPS) is 20.1. The third-order valence-electron chi connectivity index (χ3n) is 4.98. The monoisotopic (exact) mass is 311 g/mol. The Kier molecular flexibility index (Phi) is 3.75. The van der Waals surface area contributed by atoms with E-state index < -0.39 is 0 Å². The molecular formula is C19H21NOS. The van der Waals surface area contributed by atoms with Crippen LogP contribution in [0.25, 0.3) is 0 Å². The molecule has 1 heterocycles. The Hall–Kier alpha value is -1.61. The molecule has 2 nitrogen and oxygen atoms in total. The Morgan fingerprint density at radius 1 is 1.09 bits per heavy atom. The Balaban J connectivity index is 1.57. The largest absolute Gasteiger partial charge is 0.345 e. The topological polar surface area (TPSA) is 29.1 Å². The average molecular weight is 311 g/mol. The van der Waals surface area contributed by atoms with Gasteiger partial charge in [-0.1, -0.05) is 24.3 Å². The smallest absolute Gasteiger partial charge is 0.252 e. The van der Waals surface area contributed by atoms with Crippen LogP contribution in [0.4, 0.5) is 0 Å². The van der Waals surface area contributed by atoms with Crippen LogP contribution in [0.3, 0.4) is 0 Å². The van der Waals surface area contributed by atoms with Gasteiger partial charge in [0, 0.05) is 10.3 Å². The Bertz CT molecular complexity index is 703. The predicted octanol–water partition coefficient (Wildman–Crippen LogP) is 4.43. The zero-order chi connectivity index (χ0) is 14.9. The fourth-order valence-electron chi connectivity index (χ4n) is 3.82. The van der Waals surface area contributed by atoms with Crippen molar-refractivity contribution in [2.75, 3.05) is 0 Å². The zero-order valence-electron chi connectivity index (χ0n) is 12.7. The molecule has 0 radical (unpaired) electrons. The van der Waals surface area contributed by atoms with E-state index in [2.05, 4.69) is 35.0 Å². The average Bonchev–Trinajstić information content (AvgIpc) is 2.99. The van der Waals surface area contributed by atoms with Gasteiger partial charge in [-0.05, 0) is 61.6 Å². The van der Waals surface area contributed by atoms with E-state index in [0.717, 1.165) is 37.7 Å². The van der Waals surface area contributed by atoms with Crippen LogP contribution < -0.4 is 5.32 Å². The lowest BCUT2D eigenvalue weighted by Crippen LogP contribution is -2.31. The molecule has 1 atom stereocenters. The number of hydrogen-bond acceptors (Lipinski definition) is 2. The Labute approximate surface area is 135 Å². The molecule has 3 heteroatoms. The van der Waals surface area contributed by atoms with Crippen molar-refractivity contribution in [2.45, 2.75) is 51.0 Å². The molecule has 0 fully saturated rings. The summed E-state index contributed by atoms with van der Waals surface area (Å²) in [5.41, 5.74) is 4.96. The van der Waals surface area contributed by atoms with Gasteiger partial charge in [0.2, 0.25) is 0 Å². The first kappa shape index (κ1) is 14.0. The van der Waals surface area contributed by atoms with E-state index in [-0.39, 0.29) is 11.9 Å². The van der Waals surface area contributed by atoms with E-state index in [4.69, 9.17) is 0 Å². The highest BCUT2D eigenvalue weighted by Gasteiger charge is 2.25. The molecular weight excluding hydrogens is 290 g/mol. The van der Waals surface area contributed by atoms with E-state index in [1.54, 1.807) is 11.3 Å². The number of aryl methyl sites for hydroxylation is 2. The summed E-state index contributed by atoms with van der Waals surface area (Å²) in [6, 6.07) is 8.72. The first-order chi connectivity index (χ1) is 10.8. The summed E-state index contributed by atoms with van der Waals surface area (Å²) >= 11 is 1.77. The van der Waals surface area contributed by atoms with E-state index >= 15 is 0 Å². The van der Waals surface area contributed by atoms with Crippen LogP contribution in [-0.2, 0) is 19.3 Å². The van der Waals surface area contributed by atoms with Gasteiger partial charge in [0.05, 0.1) is 11.6 Å². The van der Waals surface area contributed by atoms with Gasteiger partial charge in [-0.15, -0.1) is 11.3 Å². The molecule has 2 aliphatic rings. The van der Waals surface area contributed by atoms with Crippen LogP contribution >= 0.6 is 11.3 Å². The second-order valence-electron chi connectivity index (χ2n) is 6.38. The first-order valence-electron chi connectivity index (χ1n) is 8.31.